The topological polar surface area (TPSA) is 44.6 Å². The minimum absolute atomic E-state index is 0.00460. The van der Waals surface area contributed by atoms with Crippen molar-refractivity contribution >= 4 is 11.7 Å². The summed E-state index contributed by atoms with van der Waals surface area (Å²) in [7, 11) is 0. The number of nitrogens with zero attached hydrogens (tertiary/aromatic N) is 5. The van der Waals surface area contributed by atoms with Crippen molar-refractivity contribution in [2.24, 2.45) is 4.99 Å². The van der Waals surface area contributed by atoms with Gasteiger partial charge in [-0.25, -0.2) is 18.7 Å². The molecule has 7 heteroatoms. The van der Waals surface area contributed by atoms with Crippen molar-refractivity contribution < 1.29 is 8.78 Å². The van der Waals surface area contributed by atoms with Crippen molar-refractivity contribution in [2.45, 2.75) is 25.8 Å². The molecule has 1 aromatic heterocycles. The number of aliphatic imine (C=N–C) groups is 1. The molecule has 2 aliphatic heterocycles. The second kappa shape index (κ2) is 9.35. The van der Waals surface area contributed by atoms with Gasteiger partial charge < -0.3 is 9.80 Å². The number of piperazine rings is 1. The van der Waals surface area contributed by atoms with Crippen LogP contribution in [0.5, 0.6) is 0 Å². The first-order valence-electron chi connectivity index (χ1n) is 11.5. The van der Waals surface area contributed by atoms with E-state index in [1.807, 2.05) is 36.7 Å². The Balaban J connectivity index is 1.28. The fourth-order valence-corrected chi connectivity index (χ4v) is 4.59. The number of hydrogen-bond acceptors (Lipinski definition) is 5. The number of rotatable bonds is 5. The van der Waals surface area contributed by atoms with Gasteiger partial charge in [0.1, 0.15) is 11.6 Å². The van der Waals surface area contributed by atoms with Crippen LogP contribution in [0.25, 0.3) is 11.1 Å². The highest BCUT2D eigenvalue weighted by atomic mass is 19.1. The highest BCUT2D eigenvalue weighted by Crippen LogP contribution is 2.33. The maximum absolute atomic E-state index is 14.1. The number of anilines is 1. The summed E-state index contributed by atoms with van der Waals surface area (Å²) in [5, 5.41) is 0. The first kappa shape index (κ1) is 21.6. The van der Waals surface area contributed by atoms with Crippen molar-refractivity contribution in [3.63, 3.8) is 0 Å². The molecule has 3 heterocycles. The molecule has 1 saturated heterocycles. The lowest BCUT2D eigenvalue weighted by Gasteiger charge is -2.33. The molecule has 0 aliphatic carbocycles. The van der Waals surface area contributed by atoms with Crippen LogP contribution in [0.3, 0.4) is 0 Å². The SMILES string of the molecule is CCN1CCN(c2ncc(-c3ccc(C4CCC(c5c(F)cccc5F)=N4)cc3)cn2)CC1. The van der Waals surface area contributed by atoms with Gasteiger partial charge in [0.2, 0.25) is 5.95 Å². The molecule has 0 N–H and O–H groups in total. The Morgan fingerprint density at radius 3 is 2.18 bits per heavy atom. The first-order chi connectivity index (χ1) is 16.1. The normalized spacial score (nSPS) is 19.1. The first-order valence-corrected chi connectivity index (χ1v) is 11.5. The Kier molecular flexibility index (Phi) is 6.13. The van der Waals surface area contributed by atoms with Crippen LogP contribution in [-0.2, 0) is 0 Å². The Morgan fingerprint density at radius 2 is 1.55 bits per heavy atom. The second-order valence-corrected chi connectivity index (χ2v) is 8.54. The minimum Gasteiger partial charge on any atom is -0.338 e. The van der Waals surface area contributed by atoms with Crippen LogP contribution in [0, 0.1) is 11.6 Å². The standard InChI is InChI=1S/C26H27F2N5/c1-2-32-12-14-33(15-13-32)26-29-16-20(17-30-26)18-6-8-19(9-7-18)23-10-11-24(31-23)25-21(27)4-3-5-22(25)28/h3-9,16-17,23H,2,10-15H2,1H3. The maximum Gasteiger partial charge on any atom is 0.225 e. The number of aromatic nitrogens is 2. The molecule has 0 saturated carbocycles. The van der Waals surface area contributed by atoms with Gasteiger partial charge in [-0.2, -0.15) is 0 Å². The highest BCUT2D eigenvalue weighted by molar-refractivity contribution is 6.02. The Labute approximate surface area is 192 Å². The summed E-state index contributed by atoms with van der Waals surface area (Å²) in [6.45, 7) is 7.24. The van der Waals surface area contributed by atoms with Gasteiger partial charge in [0.25, 0.3) is 0 Å². The van der Waals surface area contributed by atoms with E-state index in [0.717, 1.165) is 61.8 Å². The summed E-state index contributed by atoms with van der Waals surface area (Å²) in [6.07, 6.45) is 5.05. The van der Waals surface area contributed by atoms with Crippen LogP contribution >= 0.6 is 0 Å². The van der Waals surface area contributed by atoms with E-state index >= 15 is 0 Å². The van der Waals surface area contributed by atoms with E-state index < -0.39 is 11.6 Å². The summed E-state index contributed by atoms with van der Waals surface area (Å²) >= 11 is 0. The van der Waals surface area contributed by atoms with Gasteiger partial charge in [0, 0.05) is 49.8 Å². The van der Waals surface area contributed by atoms with E-state index in [4.69, 9.17) is 0 Å². The number of benzene rings is 2. The van der Waals surface area contributed by atoms with Crippen LogP contribution < -0.4 is 4.90 Å². The highest BCUT2D eigenvalue weighted by Gasteiger charge is 2.24. The van der Waals surface area contributed by atoms with E-state index in [1.165, 1.54) is 18.2 Å². The van der Waals surface area contributed by atoms with Gasteiger partial charge in [0.05, 0.1) is 11.6 Å². The number of likely N-dealkylation sites (N-methyl/N-ethyl adjacent to an activating group) is 1. The fraction of sp³-hybridized carbons (Fsp3) is 0.346. The smallest absolute Gasteiger partial charge is 0.225 e. The molecular formula is C26H27F2N5. The van der Waals surface area contributed by atoms with Crippen molar-refractivity contribution in [1.82, 2.24) is 14.9 Å². The Hall–Kier alpha value is -3.19. The third kappa shape index (κ3) is 4.50. The molecule has 3 aromatic rings. The lowest BCUT2D eigenvalue weighted by Crippen LogP contribution is -2.46. The summed E-state index contributed by atoms with van der Waals surface area (Å²) < 4.78 is 28.2. The summed E-state index contributed by atoms with van der Waals surface area (Å²) in [6, 6.07) is 12.0. The lowest BCUT2D eigenvalue weighted by molar-refractivity contribution is 0.270. The van der Waals surface area contributed by atoms with Gasteiger partial charge >= 0.3 is 0 Å². The average molecular weight is 448 g/mol. The van der Waals surface area contributed by atoms with Gasteiger partial charge in [-0.3, -0.25) is 4.99 Å². The van der Waals surface area contributed by atoms with Gasteiger partial charge in [0.15, 0.2) is 0 Å². The van der Waals surface area contributed by atoms with E-state index in [-0.39, 0.29) is 11.6 Å². The molecule has 33 heavy (non-hydrogen) atoms. The maximum atomic E-state index is 14.1. The Bertz CT molecular complexity index is 1120. The quantitative estimate of drug-likeness (QED) is 0.559. The van der Waals surface area contributed by atoms with E-state index in [2.05, 4.69) is 31.7 Å². The van der Waals surface area contributed by atoms with Gasteiger partial charge in [-0.15, -0.1) is 0 Å². The number of hydrogen-bond donors (Lipinski definition) is 0. The molecule has 0 bridgehead atoms. The molecule has 2 aliphatic rings. The summed E-state index contributed by atoms with van der Waals surface area (Å²) in [5.74, 6) is -0.333. The molecular weight excluding hydrogens is 420 g/mol. The molecule has 0 spiro atoms. The molecule has 0 radical (unpaired) electrons. The van der Waals surface area contributed by atoms with E-state index in [9.17, 15) is 8.78 Å². The lowest BCUT2D eigenvalue weighted by atomic mass is 10.0. The molecule has 0 amide bonds. The van der Waals surface area contributed by atoms with Crippen molar-refractivity contribution in [3.05, 3.63) is 77.6 Å². The van der Waals surface area contributed by atoms with Crippen LogP contribution in [0.4, 0.5) is 14.7 Å². The molecule has 1 unspecified atom stereocenters. The predicted molar refractivity (Wildman–Crippen MR) is 127 cm³/mol. The number of halogens is 2. The van der Waals surface area contributed by atoms with Crippen molar-refractivity contribution in [2.75, 3.05) is 37.6 Å². The fourth-order valence-electron chi connectivity index (χ4n) is 4.59. The molecule has 1 fully saturated rings. The van der Waals surface area contributed by atoms with Crippen LogP contribution in [-0.4, -0.2) is 53.3 Å². The molecule has 5 rings (SSSR count). The monoisotopic (exact) mass is 447 g/mol. The van der Waals surface area contributed by atoms with Crippen molar-refractivity contribution in [1.29, 1.82) is 0 Å². The van der Waals surface area contributed by atoms with Crippen LogP contribution in [0.2, 0.25) is 0 Å². The third-order valence-corrected chi connectivity index (χ3v) is 6.59. The van der Waals surface area contributed by atoms with Crippen LogP contribution in [0.1, 0.15) is 36.9 Å². The largest absolute Gasteiger partial charge is 0.338 e. The summed E-state index contributed by atoms with van der Waals surface area (Å²) in [4.78, 5) is 18.5. The Morgan fingerprint density at radius 1 is 0.879 bits per heavy atom. The van der Waals surface area contributed by atoms with Crippen molar-refractivity contribution in [3.8, 4) is 11.1 Å². The predicted octanol–water partition coefficient (Wildman–Crippen LogP) is 4.89. The zero-order chi connectivity index (χ0) is 22.8. The third-order valence-electron chi connectivity index (χ3n) is 6.59. The van der Waals surface area contributed by atoms with Gasteiger partial charge in [-0.1, -0.05) is 37.3 Å². The van der Waals surface area contributed by atoms with Crippen LogP contribution in [0.15, 0.2) is 59.9 Å². The second-order valence-electron chi connectivity index (χ2n) is 8.54. The molecule has 170 valence electrons. The average Bonchev–Trinajstić information content (AvgIpc) is 3.34. The minimum atomic E-state index is -0.555. The molecule has 5 nitrogen and oxygen atoms in total. The van der Waals surface area contributed by atoms with E-state index in [0.29, 0.717) is 12.1 Å². The van der Waals surface area contributed by atoms with Gasteiger partial charge in [-0.05, 0) is 42.6 Å². The molecule has 1 atom stereocenters. The zero-order valence-corrected chi connectivity index (χ0v) is 18.7. The van der Waals surface area contributed by atoms with E-state index in [1.54, 1.807) is 0 Å². The molecule has 2 aromatic carbocycles. The summed E-state index contributed by atoms with van der Waals surface area (Å²) in [5.41, 5.74) is 3.54. The zero-order valence-electron chi connectivity index (χ0n) is 18.7.